The van der Waals surface area contributed by atoms with Crippen molar-refractivity contribution in [1.82, 2.24) is 9.55 Å². The largest absolute Gasteiger partial charge is 0.495 e. The minimum Gasteiger partial charge on any atom is -0.495 e. The standard InChI is InChI=1S/C20H20ClN3O3S/c1-4-24-19(26)13-7-5-6-8-15(13)23-20(24)28-11-18(25)22-16-9-12(2)14(21)10-17(16)27-3/h5-10H,4,11H2,1-3H3,(H,22,25). The van der Waals surface area contributed by atoms with Crippen molar-refractivity contribution in [3.8, 4) is 5.75 Å². The highest BCUT2D eigenvalue weighted by molar-refractivity contribution is 7.99. The highest BCUT2D eigenvalue weighted by atomic mass is 35.5. The van der Waals surface area contributed by atoms with Crippen molar-refractivity contribution >= 4 is 45.9 Å². The van der Waals surface area contributed by atoms with Crippen LogP contribution in [0.1, 0.15) is 12.5 Å². The van der Waals surface area contributed by atoms with Gasteiger partial charge < -0.3 is 10.1 Å². The van der Waals surface area contributed by atoms with E-state index in [2.05, 4.69) is 10.3 Å². The van der Waals surface area contributed by atoms with E-state index in [1.165, 1.54) is 18.9 Å². The molecule has 0 saturated heterocycles. The maximum absolute atomic E-state index is 12.6. The maximum atomic E-state index is 12.6. The number of halogens is 1. The summed E-state index contributed by atoms with van der Waals surface area (Å²) in [5.41, 5.74) is 1.90. The van der Waals surface area contributed by atoms with Crippen LogP contribution < -0.4 is 15.6 Å². The third-order valence-electron chi connectivity index (χ3n) is 4.23. The highest BCUT2D eigenvalue weighted by Gasteiger charge is 2.14. The number of methoxy groups -OCH3 is 1. The number of hydrogen-bond donors (Lipinski definition) is 1. The Bertz CT molecular complexity index is 1100. The molecule has 1 aromatic heterocycles. The van der Waals surface area contributed by atoms with Gasteiger partial charge >= 0.3 is 0 Å². The van der Waals surface area contributed by atoms with Crippen molar-refractivity contribution in [3.05, 3.63) is 57.3 Å². The second-order valence-corrected chi connectivity index (χ2v) is 7.45. The first-order valence-electron chi connectivity index (χ1n) is 8.71. The molecule has 0 bridgehead atoms. The molecule has 0 saturated carbocycles. The number of nitrogens with zero attached hydrogens (tertiary/aromatic N) is 2. The van der Waals surface area contributed by atoms with Crippen LogP contribution in [0, 0.1) is 6.92 Å². The Balaban J connectivity index is 1.80. The molecule has 6 nitrogen and oxygen atoms in total. The summed E-state index contributed by atoms with van der Waals surface area (Å²) in [7, 11) is 1.52. The lowest BCUT2D eigenvalue weighted by atomic mass is 10.2. The molecule has 0 fully saturated rings. The van der Waals surface area contributed by atoms with E-state index in [1.807, 2.05) is 26.0 Å². The van der Waals surface area contributed by atoms with Crippen LogP contribution in [0.5, 0.6) is 5.75 Å². The summed E-state index contributed by atoms with van der Waals surface area (Å²) >= 11 is 7.32. The number of amides is 1. The Morgan fingerprint density at radius 3 is 2.79 bits per heavy atom. The second kappa shape index (κ2) is 8.67. The van der Waals surface area contributed by atoms with Gasteiger partial charge in [-0.1, -0.05) is 35.5 Å². The third-order valence-corrected chi connectivity index (χ3v) is 5.61. The molecule has 0 unspecified atom stereocenters. The number of fused-ring (bicyclic) bond motifs is 1. The van der Waals surface area contributed by atoms with E-state index < -0.39 is 0 Å². The second-order valence-electron chi connectivity index (χ2n) is 6.10. The van der Waals surface area contributed by atoms with Crippen LogP contribution >= 0.6 is 23.4 Å². The number of carbonyl (C=O) groups excluding carboxylic acids is 1. The summed E-state index contributed by atoms with van der Waals surface area (Å²) < 4.78 is 6.86. The zero-order valence-corrected chi connectivity index (χ0v) is 17.4. The first kappa shape index (κ1) is 20.2. The van der Waals surface area contributed by atoms with E-state index >= 15 is 0 Å². The summed E-state index contributed by atoms with van der Waals surface area (Å²) in [6, 6.07) is 10.6. The van der Waals surface area contributed by atoms with Crippen molar-refractivity contribution in [2.75, 3.05) is 18.2 Å². The van der Waals surface area contributed by atoms with Crippen LogP contribution in [0.2, 0.25) is 5.02 Å². The van der Waals surface area contributed by atoms with Gasteiger partial charge in [-0.05, 0) is 37.6 Å². The number of aryl methyl sites for hydroxylation is 1. The van der Waals surface area contributed by atoms with Gasteiger partial charge in [-0.25, -0.2) is 4.98 Å². The number of ether oxygens (including phenoxy) is 1. The first-order valence-corrected chi connectivity index (χ1v) is 10.1. The van der Waals surface area contributed by atoms with E-state index in [1.54, 1.807) is 28.8 Å². The Hall–Kier alpha value is -2.51. The van der Waals surface area contributed by atoms with Crippen LogP contribution in [-0.2, 0) is 11.3 Å². The maximum Gasteiger partial charge on any atom is 0.262 e. The summed E-state index contributed by atoms with van der Waals surface area (Å²) in [6.45, 7) is 4.21. The smallest absolute Gasteiger partial charge is 0.262 e. The number of thioether (sulfide) groups is 1. The average Bonchev–Trinajstić information content (AvgIpc) is 2.69. The van der Waals surface area contributed by atoms with Gasteiger partial charge in [-0.15, -0.1) is 0 Å². The summed E-state index contributed by atoms with van der Waals surface area (Å²) in [4.78, 5) is 29.7. The monoisotopic (exact) mass is 417 g/mol. The van der Waals surface area contributed by atoms with Crippen molar-refractivity contribution in [3.63, 3.8) is 0 Å². The van der Waals surface area contributed by atoms with Crippen LogP contribution in [0.15, 0.2) is 46.3 Å². The Morgan fingerprint density at radius 2 is 2.07 bits per heavy atom. The topological polar surface area (TPSA) is 73.2 Å². The van der Waals surface area contributed by atoms with E-state index in [9.17, 15) is 9.59 Å². The van der Waals surface area contributed by atoms with Gasteiger partial charge in [0, 0.05) is 17.6 Å². The number of hydrogen-bond acceptors (Lipinski definition) is 5. The highest BCUT2D eigenvalue weighted by Crippen LogP contribution is 2.31. The van der Waals surface area contributed by atoms with Crippen molar-refractivity contribution < 1.29 is 9.53 Å². The van der Waals surface area contributed by atoms with E-state index in [0.29, 0.717) is 39.1 Å². The molecule has 2 aromatic carbocycles. The molecule has 1 heterocycles. The lowest BCUT2D eigenvalue weighted by Gasteiger charge is -2.13. The molecule has 0 aliphatic carbocycles. The van der Waals surface area contributed by atoms with E-state index in [0.717, 1.165) is 5.56 Å². The molecule has 0 aliphatic heterocycles. The predicted molar refractivity (Wildman–Crippen MR) is 114 cm³/mol. The average molecular weight is 418 g/mol. The molecule has 3 rings (SSSR count). The predicted octanol–water partition coefficient (Wildman–Crippen LogP) is 4.12. The summed E-state index contributed by atoms with van der Waals surface area (Å²) in [5, 5.41) is 4.48. The van der Waals surface area contributed by atoms with Gasteiger partial charge in [-0.3, -0.25) is 14.2 Å². The van der Waals surface area contributed by atoms with Gasteiger partial charge in [0.25, 0.3) is 5.56 Å². The van der Waals surface area contributed by atoms with Gasteiger partial charge in [0.1, 0.15) is 5.75 Å². The Morgan fingerprint density at radius 1 is 1.32 bits per heavy atom. The zero-order valence-electron chi connectivity index (χ0n) is 15.8. The third kappa shape index (κ3) is 4.15. The van der Waals surface area contributed by atoms with E-state index in [-0.39, 0.29) is 17.2 Å². The van der Waals surface area contributed by atoms with Gasteiger partial charge in [0.15, 0.2) is 5.16 Å². The molecule has 8 heteroatoms. The fraction of sp³-hybridized carbons (Fsp3) is 0.250. The van der Waals surface area contributed by atoms with Crippen LogP contribution in [0.3, 0.4) is 0 Å². The number of anilines is 1. The van der Waals surface area contributed by atoms with Crippen molar-refractivity contribution in [2.24, 2.45) is 0 Å². The molecule has 0 aliphatic rings. The number of rotatable bonds is 6. The quantitative estimate of drug-likeness (QED) is 0.482. The van der Waals surface area contributed by atoms with Gasteiger partial charge in [0.2, 0.25) is 5.91 Å². The minimum atomic E-state index is -0.227. The minimum absolute atomic E-state index is 0.106. The van der Waals surface area contributed by atoms with Crippen molar-refractivity contribution in [1.29, 1.82) is 0 Å². The summed E-state index contributed by atoms with van der Waals surface area (Å²) in [5.74, 6) is 0.369. The lowest BCUT2D eigenvalue weighted by Crippen LogP contribution is -2.23. The molecule has 28 heavy (non-hydrogen) atoms. The summed E-state index contributed by atoms with van der Waals surface area (Å²) in [6.07, 6.45) is 0. The zero-order chi connectivity index (χ0) is 20.3. The van der Waals surface area contributed by atoms with Crippen LogP contribution in [0.25, 0.3) is 10.9 Å². The molecular formula is C20H20ClN3O3S. The molecule has 1 amide bonds. The molecular weight excluding hydrogens is 398 g/mol. The number of nitrogens with one attached hydrogen (secondary N) is 1. The van der Waals surface area contributed by atoms with Crippen LogP contribution in [0.4, 0.5) is 5.69 Å². The molecule has 0 spiro atoms. The first-order chi connectivity index (χ1) is 13.4. The number of aromatic nitrogens is 2. The molecule has 146 valence electrons. The van der Waals surface area contributed by atoms with Gasteiger partial charge in [-0.2, -0.15) is 0 Å². The van der Waals surface area contributed by atoms with E-state index in [4.69, 9.17) is 16.3 Å². The molecule has 3 aromatic rings. The Kier molecular flexibility index (Phi) is 6.26. The van der Waals surface area contributed by atoms with Crippen LogP contribution in [-0.4, -0.2) is 28.3 Å². The lowest BCUT2D eigenvalue weighted by molar-refractivity contribution is -0.113. The normalized spacial score (nSPS) is 10.9. The fourth-order valence-corrected chi connectivity index (χ4v) is 3.80. The number of benzene rings is 2. The number of para-hydroxylation sites is 1. The van der Waals surface area contributed by atoms with Gasteiger partial charge in [0.05, 0.1) is 29.5 Å². The molecule has 1 N–H and O–H groups in total. The number of carbonyl (C=O) groups is 1. The van der Waals surface area contributed by atoms with Crippen molar-refractivity contribution in [2.45, 2.75) is 25.5 Å². The SMILES string of the molecule is CCn1c(SCC(=O)Nc2cc(C)c(Cl)cc2OC)nc2ccccc2c1=O. The molecule has 0 atom stereocenters. The fourth-order valence-electron chi connectivity index (χ4n) is 2.78. The molecule has 0 radical (unpaired) electrons. The Labute approximate surface area is 171 Å².